The molecule has 2 rings (SSSR count). The number of rotatable bonds is 2. The van der Waals surface area contributed by atoms with Gasteiger partial charge in [-0.2, -0.15) is 0 Å². The Balaban J connectivity index is 2.35. The molecule has 24 heavy (non-hydrogen) atoms. The molecule has 0 aromatic heterocycles. The Kier molecular flexibility index (Phi) is 5.50. The van der Waals surface area contributed by atoms with Gasteiger partial charge in [0.15, 0.2) is 0 Å². The first-order chi connectivity index (χ1) is 11.1. The second-order valence-corrected chi connectivity index (χ2v) is 8.17. The molecule has 0 spiro atoms. The summed E-state index contributed by atoms with van der Waals surface area (Å²) in [5, 5.41) is 0.459. The van der Waals surface area contributed by atoms with E-state index < -0.39 is 23.1 Å². The van der Waals surface area contributed by atoms with Crippen molar-refractivity contribution in [2.45, 2.75) is 38.2 Å². The van der Waals surface area contributed by atoms with Crippen LogP contribution in [0.3, 0.4) is 0 Å². The molecule has 1 fully saturated rings. The molecule has 132 valence electrons. The predicted octanol–water partition coefficient (Wildman–Crippen LogP) is 4.15. The summed E-state index contributed by atoms with van der Waals surface area (Å²) in [4.78, 5) is 26.4. The monoisotopic (exact) mass is 417 g/mol. The molecule has 1 saturated heterocycles. The lowest BCUT2D eigenvalue weighted by atomic mass is 9.79. The number of hydrogen-bond acceptors (Lipinski definition) is 4. The van der Waals surface area contributed by atoms with Crippen LogP contribution in [0.4, 0.5) is 4.79 Å². The van der Waals surface area contributed by atoms with Crippen molar-refractivity contribution in [2.24, 2.45) is 0 Å². The summed E-state index contributed by atoms with van der Waals surface area (Å²) >= 11 is 9.72. The molecule has 7 heteroatoms. The van der Waals surface area contributed by atoms with E-state index in [1.165, 1.54) is 12.0 Å². The Morgan fingerprint density at radius 2 is 2.00 bits per heavy atom. The van der Waals surface area contributed by atoms with Crippen molar-refractivity contribution < 1.29 is 19.1 Å². The highest BCUT2D eigenvalue weighted by Crippen LogP contribution is 2.40. The number of benzene rings is 1. The molecule has 1 unspecified atom stereocenters. The lowest BCUT2D eigenvalue weighted by Crippen LogP contribution is -2.42. The van der Waals surface area contributed by atoms with E-state index in [9.17, 15) is 9.59 Å². The van der Waals surface area contributed by atoms with E-state index in [2.05, 4.69) is 15.9 Å². The zero-order chi connectivity index (χ0) is 18.1. The van der Waals surface area contributed by atoms with Crippen LogP contribution in [-0.2, 0) is 19.7 Å². The van der Waals surface area contributed by atoms with Gasteiger partial charge in [-0.3, -0.25) is 4.79 Å². The molecular formula is C17H21BrClNO4. The fraction of sp³-hybridized carbons (Fsp3) is 0.529. The van der Waals surface area contributed by atoms with E-state index in [1.54, 1.807) is 32.9 Å². The van der Waals surface area contributed by atoms with Gasteiger partial charge in [-0.15, -0.1) is 0 Å². The summed E-state index contributed by atoms with van der Waals surface area (Å²) in [7, 11) is 1.34. The second-order valence-electron chi connectivity index (χ2n) is 6.85. The first-order valence-corrected chi connectivity index (χ1v) is 8.78. The van der Waals surface area contributed by atoms with Gasteiger partial charge in [0, 0.05) is 22.6 Å². The minimum atomic E-state index is -0.983. The fourth-order valence-electron chi connectivity index (χ4n) is 2.86. The quantitative estimate of drug-likeness (QED) is 0.677. The molecule has 1 aromatic carbocycles. The molecule has 0 saturated carbocycles. The van der Waals surface area contributed by atoms with E-state index in [-0.39, 0.29) is 6.54 Å². The zero-order valence-corrected chi connectivity index (χ0v) is 16.5. The molecule has 5 nitrogen and oxygen atoms in total. The average Bonchev–Trinajstić information content (AvgIpc) is 2.91. The molecule has 0 N–H and O–H groups in total. The van der Waals surface area contributed by atoms with Crippen molar-refractivity contribution in [3.63, 3.8) is 0 Å². The molecule has 0 radical (unpaired) electrons. The fourth-order valence-corrected chi connectivity index (χ4v) is 3.72. The SMILES string of the molecule is COC(=O)C1(c2ccc(Br)cc2Cl)CCN(C(=O)OC(C)(C)C)C1. The third-order valence-corrected chi connectivity index (χ3v) is 4.75. The minimum Gasteiger partial charge on any atom is -0.468 e. The third-order valence-electron chi connectivity index (χ3n) is 3.94. The number of carbonyl (C=O) groups is 2. The van der Waals surface area contributed by atoms with Crippen LogP contribution < -0.4 is 0 Å². The highest BCUT2D eigenvalue weighted by molar-refractivity contribution is 9.10. The second kappa shape index (κ2) is 6.92. The number of methoxy groups -OCH3 is 1. The van der Waals surface area contributed by atoms with Crippen LogP contribution in [0.1, 0.15) is 32.8 Å². The summed E-state index contributed by atoms with van der Waals surface area (Å²) in [6.45, 7) is 5.99. The molecule has 1 heterocycles. The predicted molar refractivity (Wildman–Crippen MR) is 95.3 cm³/mol. The minimum absolute atomic E-state index is 0.177. The van der Waals surface area contributed by atoms with Crippen molar-refractivity contribution >= 4 is 39.6 Å². The molecular weight excluding hydrogens is 398 g/mol. The Bertz CT molecular complexity index is 658. The molecule has 1 aromatic rings. The summed E-state index contributed by atoms with van der Waals surface area (Å²) in [6, 6.07) is 5.35. The average molecular weight is 419 g/mol. The highest BCUT2D eigenvalue weighted by Gasteiger charge is 2.50. The van der Waals surface area contributed by atoms with Gasteiger partial charge in [0.05, 0.1) is 7.11 Å². The standard InChI is InChI=1S/C17H21BrClNO4/c1-16(2,3)24-15(22)20-8-7-17(10-20,14(21)23-4)12-6-5-11(18)9-13(12)19/h5-6,9H,7-8,10H2,1-4H3. The molecule has 1 atom stereocenters. The largest absolute Gasteiger partial charge is 0.468 e. The first kappa shape index (κ1) is 19.1. The number of hydrogen-bond donors (Lipinski definition) is 0. The van der Waals surface area contributed by atoms with Crippen molar-refractivity contribution in [2.75, 3.05) is 20.2 Å². The van der Waals surface area contributed by atoms with E-state index in [0.717, 1.165) is 4.47 Å². The smallest absolute Gasteiger partial charge is 0.410 e. The zero-order valence-electron chi connectivity index (χ0n) is 14.2. The summed E-state index contributed by atoms with van der Waals surface area (Å²) in [5.41, 5.74) is -0.919. The van der Waals surface area contributed by atoms with E-state index in [1.807, 2.05) is 6.07 Å². The first-order valence-electron chi connectivity index (χ1n) is 7.61. The number of amides is 1. The van der Waals surface area contributed by atoms with Crippen LogP contribution in [0, 0.1) is 0 Å². The summed E-state index contributed by atoms with van der Waals surface area (Å²) < 4.78 is 11.2. The van der Waals surface area contributed by atoms with E-state index in [4.69, 9.17) is 21.1 Å². The van der Waals surface area contributed by atoms with Crippen molar-refractivity contribution in [1.29, 1.82) is 0 Å². The number of carbonyl (C=O) groups excluding carboxylic acids is 2. The van der Waals surface area contributed by atoms with Gasteiger partial charge in [-0.05, 0) is 44.9 Å². The van der Waals surface area contributed by atoms with Gasteiger partial charge in [0.1, 0.15) is 11.0 Å². The summed E-state index contributed by atoms with van der Waals surface area (Å²) in [5.74, 6) is -0.405. The molecule has 1 amide bonds. The van der Waals surface area contributed by atoms with Gasteiger partial charge < -0.3 is 14.4 Å². The molecule has 0 aliphatic carbocycles. The molecule has 1 aliphatic heterocycles. The Morgan fingerprint density at radius 3 is 2.54 bits per heavy atom. The van der Waals surface area contributed by atoms with Gasteiger partial charge >= 0.3 is 12.1 Å². The maximum atomic E-state index is 12.6. The van der Waals surface area contributed by atoms with Crippen molar-refractivity contribution in [1.82, 2.24) is 4.90 Å². The summed E-state index contributed by atoms with van der Waals surface area (Å²) in [6.07, 6.45) is -0.0122. The van der Waals surface area contributed by atoms with Crippen molar-refractivity contribution in [3.8, 4) is 0 Å². The number of halogens is 2. The number of nitrogens with zero attached hydrogens (tertiary/aromatic N) is 1. The van der Waals surface area contributed by atoms with Crippen LogP contribution in [0.2, 0.25) is 5.02 Å². The van der Waals surface area contributed by atoms with E-state index in [0.29, 0.717) is 23.6 Å². The van der Waals surface area contributed by atoms with Crippen LogP contribution in [0.5, 0.6) is 0 Å². The Morgan fingerprint density at radius 1 is 1.33 bits per heavy atom. The number of likely N-dealkylation sites (tertiary alicyclic amines) is 1. The molecule has 1 aliphatic rings. The molecule has 0 bridgehead atoms. The van der Waals surface area contributed by atoms with Crippen LogP contribution in [-0.4, -0.2) is 42.8 Å². The maximum absolute atomic E-state index is 12.6. The Hall–Kier alpha value is -1.27. The normalized spacial score (nSPS) is 20.8. The van der Waals surface area contributed by atoms with E-state index >= 15 is 0 Å². The topological polar surface area (TPSA) is 55.8 Å². The van der Waals surface area contributed by atoms with Gasteiger partial charge in [0.25, 0.3) is 0 Å². The lowest BCUT2D eigenvalue weighted by molar-refractivity contribution is -0.147. The number of ether oxygens (including phenoxy) is 2. The van der Waals surface area contributed by atoms with Gasteiger partial charge in [0.2, 0.25) is 0 Å². The van der Waals surface area contributed by atoms with Crippen molar-refractivity contribution in [3.05, 3.63) is 33.3 Å². The van der Waals surface area contributed by atoms with Gasteiger partial charge in [-0.25, -0.2) is 4.79 Å². The van der Waals surface area contributed by atoms with Crippen LogP contribution in [0.15, 0.2) is 22.7 Å². The van der Waals surface area contributed by atoms with Gasteiger partial charge in [-0.1, -0.05) is 33.6 Å². The lowest BCUT2D eigenvalue weighted by Gasteiger charge is -2.29. The van der Waals surface area contributed by atoms with Crippen LogP contribution in [0.25, 0.3) is 0 Å². The third kappa shape index (κ3) is 3.86. The van der Waals surface area contributed by atoms with Crippen LogP contribution >= 0.6 is 27.5 Å². The maximum Gasteiger partial charge on any atom is 0.410 e. The highest BCUT2D eigenvalue weighted by atomic mass is 79.9. The Labute approximate surface area is 155 Å². The number of esters is 1.